The lowest BCUT2D eigenvalue weighted by molar-refractivity contribution is 0.0946. The second-order valence-electron chi connectivity index (χ2n) is 5.38. The Bertz CT molecular complexity index is 992. The van der Waals surface area contributed by atoms with E-state index in [0.717, 1.165) is 22.7 Å². The van der Waals surface area contributed by atoms with Crippen LogP contribution in [0.15, 0.2) is 48.5 Å². The summed E-state index contributed by atoms with van der Waals surface area (Å²) in [5.41, 5.74) is 2.38. The number of benzene rings is 2. The molecule has 0 aliphatic rings. The molecule has 0 spiro atoms. The van der Waals surface area contributed by atoms with Crippen LogP contribution in [-0.2, 0) is 15.6 Å². The molecule has 0 aliphatic carbocycles. The Morgan fingerprint density at radius 1 is 1.08 bits per heavy atom. The molecule has 0 fully saturated rings. The highest BCUT2D eigenvalue weighted by atomic mass is 35.7. The maximum Gasteiger partial charge on any atom is 0.267 e. The fourth-order valence-electron chi connectivity index (χ4n) is 2.12. The van der Waals surface area contributed by atoms with Crippen LogP contribution in [-0.4, -0.2) is 25.6 Å². The summed E-state index contributed by atoms with van der Waals surface area (Å²) in [6.07, 6.45) is 0.925. The van der Waals surface area contributed by atoms with Crippen molar-refractivity contribution < 1.29 is 13.2 Å². The number of carbonyl (C=O) groups excluding carboxylic acids is 1. The zero-order chi connectivity index (χ0) is 19.3. The lowest BCUT2D eigenvalue weighted by Gasteiger charge is -2.05. The van der Waals surface area contributed by atoms with E-state index in [4.69, 9.17) is 23.2 Å². The van der Waals surface area contributed by atoms with Gasteiger partial charge in [0, 0.05) is 28.1 Å². The molecule has 1 aromatic heterocycles. The topological polar surface area (TPSA) is 79.0 Å². The first kappa shape index (κ1) is 20.6. The lowest BCUT2D eigenvalue weighted by atomic mass is 10.2. The molecule has 2 aromatic carbocycles. The van der Waals surface area contributed by atoms with Gasteiger partial charge >= 0.3 is 0 Å². The maximum absolute atomic E-state index is 12.1. The largest absolute Gasteiger partial charge is 0.351 e. The molecule has 26 heavy (non-hydrogen) atoms. The average molecular weight is 434 g/mol. The lowest BCUT2D eigenvalue weighted by Crippen LogP contribution is -2.23. The summed E-state index contributed by atoms with van der Waals surface area (Å²) in [7, 11) is 1.31. The summed E-state index contributed by atoms with van der Waals surface area (Å²) in [6.45, 7) is 0.394. The Balaban J connectivity index is 0.000000431. The number of rotatable bonds is 3. The second kappa shape index (κ2) is 8.77. The van der Waals surface area contributed by atoms with E-state index >= 15 is 0 Å². The van der Waals surface area contributed by atoms with Crippen LogP contribution in [0.3, 0.4) is 0 Å². The van der Waals surface area contributed by atoms with E-state index in [9.17, 15) is 13.2 Å². The number of halogens is 3. The molecule has 3 aromatic rings. The quantitative estimate of drug-likeness (QED) is 0.593. The Morgan fingerprint density at radius 3 is 2.35 bits per heavy atom. The third kappa shape index (κ3) is 6.53. The molecule has 0 radical (unpaired) electrons. The summed E-state index contributed by atoms with van der Waals surface area (Å²) < 4.78 is 18.8. The van der Waals surface area contributed by atoms with Crippen molar-refractivity contribution in [2.45, 2.75) is 6.54 Å². The molecule has 1 heterocycles. The molecule has 1 amide bonds. The van der Waals surface area contributed by atoms with Crippen molar-refractivity contribution >= 4 is 59.7 Å². The number of amides is 1. The highest BCUT2D eigenvalue weighted by molar-refractivity contribution is 8.13. The Labute approximate surface area is 165 Å². The summed E-state index contributed by atoms with van der Waals surface area (Å²) in [5.74, 6) is -0.155. The van der Waals surface area contributed by atoms with Crippen molar-refractivity contribution in [1.82, 2.24) is 10.3 Å². The van der Waals surface area contributed by atoms with Gasteiger partial charge in [-0.1, -0.05) is 47.5 Å². The summed E-state index contributed by atoms with van der Waals surface area (Å²) in [5, 5.41) is 4.85. The van der Waals surface area contributed by atoms with Gasteiger partial charge in [0.2, 0.25) is 9.05 Å². The molecule has 0 unspecified atom stereocenters. The van der Waals surface area contributed by atoms with Gasteiger partial charge in [0.05, 0.1) is 16.3 Å². The van der Waals surface area contributed by atoms with Gasteiger partial charge in [0.1, 0.15) is 5.69 Å². The van der Waals surface area contributed by atoms with Crippen LogP contribution in [0, 0.1) is 0 Å². The summed E-state index contributed by atoms with van der Waals surface area (Å²) >= 11 is 11.8. The molecule has 138 valence electrons. The van der Waals surface area contributed by atoms with E-state index in [1.165, 1.54) is 0 Å². The van der Waals surface area contributed by atoms with Crippen LogP contribution in [0.4, 0.5) is 0 Å². The first-order valence-corrected chi connectivity index (χ1v) is 10.8. The van der Waals surface area contributed by atoms with Crippen molar-refractivity contribution in [3.05, 3.63) is 69.8 Å². The predicted molar refractivity (Wildman–Crippen MR) is 107 cm³/mol. The van der Waals surface area contributed by atoms with Gasteiger partial charge in [0.15, 0.2) is 0 Å². The molecule has 0 atom stereocenters. The highest BCUT2D eigenvalue weighted by Gasteiger charge is 2.09. The fourth-order valence-corrected chi connectivity index (χ4v) is 2.44. The number of aromatic nitrogens is 1. The number of para-hydroxylation sites is 1. The molecule has 0 aliphatic heterocycles. The van der Waals surface area contributed by atoms with Gasteiger partial charge in [-0.05, 0) is 29.8 Å². The van der Waals surface area contributed by atoms with Crippen molar-refractivity contribution in [2.75, 3.05) is 6.26 Å². The van der Waals surface area contributed by atoms with Crippen molar-refractivity contribution in [2.24, 2.45) is 0 Å². The van der Waals surface area contributed by atoms with Crippen LogP contribution in [0.5, 0.6) is 0 Å². The fraction of sp³-hybridized carbons (Fsp3) is 0.118. The van der Waals surface area contributed by atoms with Crippen LogP contribution < -0.4 is 5.32 Å². The van der Waals surface area contributed by atoms with E-state index in [1.54, 1.807) is 12.1 Å². The minimum Gasteiger partial charge on any atom is -0.351 e. The first-order chi connectivity index (χ1) is 12.1. The third-order valence-corrected chi connectivity index (χ3v) is 3.95. The van der Waals surface area contributed by atoms with Crippen LogP contribution in [0.1, 0.15) is 16.1 Å². The van der Waals surface area contributed by atoms with E-state index in [2.05, 4.69) is 21.0 Å². The Hall–Kier alpha value is -1.73. The summed E-state index contributed by atoms with van der Waals surface area (Å²) in [4.78, 5) is 15.2. The van der Waals surface area contributed by atoms with Crippen molar-refractivity contribution in [3.8, 4) is 0 Å². The molecule has 2 N–H and O–H groups in total. The number of aromatic amines is 1. The molecular formula is C17H15Cl3N2O3S. The minimum absolute atomic E-state index is 0.155. The number of nitrogens with one attached hydrogen (secondary N) is 2. The number of hydrogen-bond acceptors (Lipinski definition) is 3. The second-order valence-corrected chi connectivity index (χ2v) is 9.24. The smallest absolute Gasteiger partial charge is 0.267 e. The predicted octanol–water partition coefficient (Wildman–Crippen LogP) is 4.59. The Kier molecular flexibility index (Phi) is 6.94. The highest BCUT2D eigenvalue weighted by Crippen LogP contribution is 2.22. The normalized spacial score (nSPS) is 10.9. The zero-order valence-corrected chi connectivity index (χ0v) is 16.7. The zero-order valence-electron chi connectivity index (χ0n) is 13.6. The summed E-state index contributed by atoms with van der Waals surface area (Å²) in [6, 6.07) is 14.9. The van der Waals surface area contributed by atoms with Crippen LogP contribution in [0.25, 0.3) is 10.9 Å². The van der Waals surface area contributed by atoms with Gasteiger partial charge in [-0.15, -0.1) is 0 Å². The molecule has 0 bridgehead atoms. The van der Waals surface area contributed by atoms with Gasteiger partial charge in [-0.25, -0.2) is 8.42 Å². The number of fused-ring (bicyclic) bond motifs is 1. The number of carbonyl (C=O) groups is 1. The molecule has 3 rings (SSSR count). The van der Waals surface area contributed by atoms with Crippen molar-refractivity contribution in [3.63, 3.8) is 0 Å². The molecule has 9 heteroatoms. The minimum atomic E-state index is -3.19. The van der Waals surface area contributed by atoms with E-state index in [-0.39, 0.29) is 5.91 Å². The van der Waals surface area contributed by atoms with Gasteiger partial charge < -0.3 is 10.3 Å². The van der Waals surface area contributed by atoms with Crippen LogP contribution in [0.2, 0.25) is 10.0 Å². The third-order valence-electron chi connectivity index (χ3n) is 3.21. The van der Waals surface area contributed by atoms with E-state index < -0.39 is 9.05 Å². The number of hydrogen-bond donors (Lipinski definition) is 2. The first-order valence-electron chi connectivity index (χ1n) is 7.33. The Morgan fingerprint density at radius 2 is 1.73 bits per heavy atom. The standard InChI is InChI=1S/C16H12Cl2N2O.CH3ClO2S/c17-12-6-5-10(7-13(12)18)9-19-16(21)15-8-11-3-1-2-4-14(11)20-15;1-5(2,3)4/h1-8,20H,9H2,(H,19,21);1H3. The molecule has 0 saturated carbocycles. The van der Waals surface area contributed by atoms with Gasteiger partial charge in [-0.2, -0.15) is 0 Å². The monoisotopic (exact) mass is 432 g/mol. The van der Waals surface area contributed by atoms with E-state index in [1.807, 2.05) is 36.4 Å². The average Bonchev–Trinajstić information content (AvgIpc) is 2.98. The van der Waals surface area contributed by atoms with Crippen LogP contribution >= 0.6 is 33.9 Å². The molecular weight excluding hydrogens is 419 g/mol. The molecule has 5 nitrogen and oxygen atoms in total. The van der Waals surface area contributed by atoms with Gasteiger partial charge in [0.25, 0.3) is 5.91 Å². The van der Waals surface area contributed by atoms with Crippen molar-refractivity contribution in [1.29, 1.82) is 0 Å². The van der Waals surface area contributed by atoms with Gasteiger partial charge in [-0.3, -0.25) is 4.79 Å². The van der Waals surface area contributed by atoms with E-state index in [0.29, 0.717) is 22.3 Å². The number of H-pyrrole nitrogens is 1. The maximum atomic E-state index is 12.1. The SMILES string of the molecule is CS(=O)(=O)Cl.O=C(NCc1ccc(Cl)c(Cl)c1)c1cc2ccccc2[nH]1. The molecule has 0 saturated heterocycles.